The first kappa shape index (κ1) is 10.0. The number of hydrogen-bond donors (Lipinski definition) is 1. The average Bonchev–Trinajstić information content (AvgIpc) is 2.28. The quantitative estimate of drug-likeness (QED) is 0.636. The molecule has 0 spiro atoms. The molecule has 1 saturated carbocycles. The van der Waals surface area contributed by atoms with Crippen molar-refractivity contribution in [3.63, 3.8) is 0 Å². The Morgan fingerprint density at radius 2 is 1.92 bits per heavy atom. The van der Waals surface area contributed by atoms with Gasteiger partial charge in [0.1, 0.15) is 0 Å². The van der Waals surface area contributed by atoms with Gasteiger partial charge in [-0.15, -0.1) is 0 Å². The maximum absolute atomic E-state index is 5.72. The van der Waals surface area contributed by atoms with Crippen LogP contribution in [0.4, 0.5) is 0 Å². The van der Waals surface area contributed by atoms with Crippen molar-refractivity contribution in [1.29, 1.82) is 0 Å². The Morgan fingerprint density at radius 1 is 1.25 bits per heavy atom. The number of nitrogens with zero attached hydrogens (tertiary/aromatic N) is 1. The van der Waals surface area contributed by atoms with E-state index >= 15 is 0 Å². The highest BCUT2D eigenvalue weighted by atomic mass is 15.1. The van der Waals surface area contributed by atoms with E-state index in [1.165, 1.54) is 32.1 Å². The zero-order valence-corrected chi connectivity index (χ0v) is 8.42. The van der Waals surface area contributed by atoms with Crippen molar-refractivity contribution in [1.82, 2.24) is 4.90 Å². The molecule has 1 aliphatic rings. The van der Waals surface area contributed by atoms with Crippen LogP contribution in [-0.4, -0.2) is 31.6 Å². The van der Waals surface area contributed by atoms with Gasteiger partial charge in [0.2, 0.25) is 0 Å². The lowest BCUT2D eigenvalue weighted by Gasteiger charge is -2.25. The van der Waals surface area contributed by atoms with Crippen molar-refractivity contribution in [3.8, 4) is 0 Å². The molecular formula is C10H22N2. The van der Waals surface area contributed by atoms with Gasteiger partial charge in [-0.05, 0) is 45.8 Å². The van der Waals surface area contributed by atoms with E-state index in [1.54, 1.807) is 0 Å². The molecule has 12 heavy (non-hydrogen) atoms. The largest absolute Gasteiger partial charge is 0.330 e. The predicted octanol–water partition coefficient (Wildman–Crippen LogP) is 1.46. The zero-order valence-electron chi connectivity index (χ0n) is 8.42. The topological polar surface area (TPSA) is 29.3 Å². The van der Waals surface area contributed by atoms with E-state index in [0.29, 0.717) is 0 Å². The summed E-state index contributed by atoms with van der Waals surface area (Å²) in [6.07, 6.45) is 6.79. The van der Waals surface area contributed by atoms with Crippen LogP contribution in [0.2, 0.25) is 0 Å². The minimum absolute atomic E-state index is 0.778. The van der Waals surface area contributed by atoms with Gasteiger partial charge in [0.05, 0.1) is 0 Å². The second-order valence-electron chi connectivity index (χ2n) is 4.24. The third-order valence-corrected chi connectivity index (χ3v) is 3.07. The van der Waals surface area contributed by atoms with E-state index in [2.05, 4.69) is 19.0 Å². The van der Waals surface area contributed by atoms with E-state index < -0.39 is 0 Å². The molecule has 1 fully saturated rings. The van der Waals surface area contributed by atoms with Crippen molar-refractivity contribution in [3.05, 3.63) is 0 Å². The van der Waals surface area contributed by atoms with Crippen molar-refractivity contribution >= 4 is 0 Å². The van der Waals surface area contributed by atoms with E-state index in [1.807, 2.05) is 0 Å². The highest BCUT2D eigenvalue weighted by molar-refractivity contribution is 4.76. The minimum Gasteiger partial charge on any atom is -0.330 e. The molecule has 2 heteroatoms. The highest BCUT2D eigenvalue weighted by Gasteiger charge is 2.20. The lowest BCUT2D eigenvalue weighted by molar-refractivity contribution is 0.245. The molecule has 0 saturated heterocycles. The minimum atomic E-state index is 0.778. The second-order valence-corrected chi connectivity index (χ2v) is 4.24. The highest BCUT2D eigenvalue weighted by Crippen LogP contribution is 2.24. The molecule has 0 radical (unpaired) electrons. The van der Waals surface area contributed by atoms with Gasteiger partial charge in [-0.2, -0.15) is 0 Å². The van der Waals surface area contributed by atoms with E-state index in [9.17, 15) is 0 Å². The van der Waals surface area contributed by atoms with Crippen LogP contribution in [0.3, 0.4) is 0 Å². The summed E-state index contributed by atoms with van der Waals surface area (Å²) >= 11 is 0. The molecule has 2 unspecified atom stereocenters. The summed E-state index contributed by atoms with van der Waals surface area (Å²) in [5.74, 6) is 0.778. The summed E-state index contributed by atoms with van der Waals surface area (Å²) in [5.41, 5.74) is 5.72. The van der Waals surface area contributed by atoms with E-state index in [0.717, 1.165) is 18.5 Å². The summed E-state index contributed by atoms with van der Waals surface area (Å²) < 4.78 is 0. The first-order valence-electron chi connectivity index (χ1n) is 5.10. The molecule has 1 rings (SSSR count). The summed E-state index contributed by atoms with van der Waals surface area (Å²) in [4.78, 5) is 2.36. The lowest BCUT2D eigenvalue weighted by Crippen LogP contribution is -2.30. The normalized spacial score (nSPS) is 32.0. The Kier molecular flexibility index (Phi) is 4.02. The van der Waals surface area contributed by atoms with Gasteiger partial charge >= 0.3 is 0 Å². The van der Waals surface area contributed by atoms with E-state index in [4.69, 9.17) is 5.73 Å². The Labute approximate surface area is 76.1 Å². The average molecular weight is 170 g/mol. The van der Waals surface area contributed by atoms with Crippen LogP contribution in [0.5, 0.6) is 0 Å². The predicted molar refractivity (Wildman–Crippen MR) is 53.1 cm³/mol. The standard InChI is InChI=1S/C10H22N2/c1-12(2)10-6-4-3-5-9(7-10)8-11/h9-10H,3-8,11H2,1-2H3. The maximum atomic E-state index is 5.72. The fourth-order valence-electron chi connectivity index (χ4n) is 2.12. The maximum Gasteiger partial charge on any atom is 0.00922 e. The van der Waals surface area contributed by atoms with Gasteiger partial charge in [0, 0.05) is 6.04 Å². The van der Waals surface area contributed by atoms with Crippen molar-refractivity contribution in [2.45, 2.75) is 38.1 Å². The van der Waals surface area contributed by atoms with E-state index in [-0.39, 0.29) is 0 Å². The van der Waals surface area contributed by atoms with Gasteiger partial charge in [0.25, 0.3) is 0 Å². The molecule has 0 aliphatic heterocycles. The number of nitrogens with two attached hydrogens (primary N) is 1. The van der Waals surface area contributed by atoms with Gasteiger partial charge in [-0.1, -0.05) is 12.8 Å². The first-order chi connectivity index (χ1) is 5.74. The van der Waals surface area contributed by atoms with Gasteiger partial charge in [-0.3, -0.25) is 0 Å². The molecule has 0 aromatic heterocycles. The fourth-order valence-corrected chi connectivity index (χ4v) is 2.12. The van der Waals surface area contributed by atoms with Crippen LogP contribution in [0.1, 0.15) is 32.1 Å². The molecule has 1 aliphatic carbocycles. The van der Waals surface area contributed by atoms with Crippen molar-refractivity contribution in [2.24, 2.45) is 11.7 Å². The number of hydrogen-bond acceptors (Lipinski definition) is 2. The molecule has 0 heterocycles. The van der Waals surface area contributed by atoms with Gasteiger partial charge in [0.15, 0.2) is 0 Å². The van der Waals surface area contributed by atoms with Crippen molar-refractivity contribution < 1.29 is 0 Å². The first-order valence-corrected chi connectivity index (χ1v) is 5.10. The monoisotopic (exact) mass is 170 g/mol. The summed E-state index contributed by atoms with van der Waals surface area (Å²) in [6, 6.07) is 0.779. The molecule has 0 aromatic carbocycles. The smallest absolute Gasteiger partial charge is 0.00922 e. The van der Waals surface area contributed by atoms with Crippen LogP contribution in [0, 0.1) is 5.92 Å². The zero-order chi connectivity index (χ0) is 8.97. The third kappa shape index (κ3) is 2.76. The molecule has 0 aromatic rings. The van der Waals surface area contributed by atoms with Crippen LogP contribution in [-0.2, 0) is 0 Å². The molecule has 2 nitrogen and oxygen atoms in total. The van der Waals surface area contributed by atoms with Gasteiger partial charge < -0.3 is 10.6 Å². The molecule has 0 amide bonds. The molecule has 72 valence electrons. The number of rotatable bonds is 2. The third-order valence-electron chi connectivity index (χ3n) is 3.07. The molecule has 0 bridgehead atoms. The Balaban J connectivity index is 2.42. The lowest BCUT2D eigenvalue weighted by atomic mass is 9.98. The molecule has 2 N–H and O–H groups in total. The Bertz CT molecular complexity index is 123. The van der Waals surface area contributed by atoms with Gasteiger partial charge in [-0.25, -0.2) is 0 Å². The SMILES string of the molecule is CN(C)C1CCCCC(CN)C1. The summed E-state index contributed by atoms with van der Waals surface area (Å²) in [7, 11) is 4.37. The van der Waals surface area contributed by atoms with Crippen LogP contribution in [0.15, 0.2) is 0 Å². The fraction of sp³-hybridized carbons (Fsp3) is 1.00. The second kappa shape index (κ2) is 4.83. The Hall–Kier alpha value is -0.0800. The van der Waals surface area contributed by atoms with Crippen LogP contribution < -0.4 is 5.73 Å². The molecule has 2 atom stereocenters. The van der Waals surface area contributed by atoms with Crippen molar-refractivity contribution in [2.75, 3.05) is 20.6 Å². The summed E-state index contributed by atoms with van der Waals surface area (Å²) in [5, 5.41) is 0. The Morgan fingerprint density at radius 3 is 2.50 bits per heavy atom. The van der Waals surface area contributed by atoms with Crippen LogP contribution >= 0.6 is 0 Å². The summed E-state index contributed by atoms with van der Waals surface area (Å²) in [6.45, 7) is 0.879. The molecular weight excluding hydrogens is 148 g/mol. The van der Waals surface area contributed by atoms with Crippen LogP contribution in [0.25, 0.3) is 0 Å².